The van der Waals surface area contributed by atoms with Crippen LogP contribution in [0.25, 0.3) is 22.0 Å². The second-order valence-electron chi connectivity index (χ2n) is 15.9. The largest absolute Gasteiger partial charge is 0.465 e. The highest BCUT2D eigenvalue weighted by Gasteiger charge is 2.68. The highest BCUT2D eigenvalue weighted by atomic mass is 35.5. The molecule has 6 aromatic rings. The molecule has 2 aliphatic rings. The van der Waals surface area contributed by atoms with Gasteiger partial charge in [0.2, 0.25) is 0 Å². The van der Waals surface area contributed by atoms with Crippen LogP contribution in [-0.2, 0) is 57.8 Å². The summed E-state index contributed by atoms with van der Waals surface area (Å²) in [5, 5.41) is 19.9. The van der Waals surface area contributed by atoms with Gasteiger partial charge in [0.05, 0.1) is 33.9 Å². The Labute approximate surface area is 349 Å². The number of nitrogens with zero attached hydrogens (tertiary/aromatic N) is 5. The van der Waals surface area contributed by atoms with E-state index in [0.29, 0.717) is 38.5 Å². The molecule has 61 heavy (non-hydrogen) atoms. The van der Waals surface area contributed by atoms with Crippen LogP contribution in [0.5, 0.6) is 0 Å². The lowest BCUT2D eigenvalue weighted by atomic mass is 9.86. The molecule has 0 bridgehead atoms. The van der Waals surface area contributed by atoms with Gasteiger partial charge < -0.3 is 9.52 Å². The monoisotopic (exact) mass is 885 g/mol. The van der Waals surface area contributed by atoms with Crippen molar-refractivity contribution in [2.45, 2.75) is 68.0 Å². The maximum absolute atomic E-state index is 15.5. The Bertz CT molecular complexity index is 2910. The highest BCUT2D eigenvalue weighted by Crippen LogP contribution is 2.68. The van der Waals surface area contributed by atoms with Crippen molar-refractivity contribution in [3.8, 4) is 23.0 Å². The van der Waals surface area contributed by atoms with E-state index in [-0.39, 0.29) is 46.3 Å². The first-order valence-electron chi connectivity index (χ1n) is 18.8. The number of Topliss-reactive ketones (excluding diaryl/α,β-unsaturated/α-hetero) is 1. The first kappa shape index (κ1) is 42.3. The van der Waals surface area contributed by atoms with Gasteiger partial charge in [-0.2, -0.15) is 32.1 Å². The minimum atomic E-state index is -5.06. The Morgan fingerprint density at radius 1 is 1.11 bits per heavy atom. The molecule has 0 aliphatic heterocycles. The summed E-state index contributed by atoms with van der Waals surface area (Å²) in [5.41, 5.74) is -2.96. The number of alkyl halides is 5. The molecule has 1 N–H and O–H groups in total. The second kappa shape index (κ2) is 14.9. The molecule has 0 spiro atoms. The summed E-state index contributed by atoms with van der Waals surface area (Å²) in [6, 6.07) is 12.2. The van der Waals surface area contributed by atoms with Gasteiger partial charge in [0.15, 0.2) is 17.1 Å². The number of pyridine rings is 1. The van der Waals surface area contributed by atoms with Crippen molar-refractivity contribution in [1.82, 2.24) is 24.5 Å². The number of rotatable bonds is 11. The fourth-order valence-electron chi connectivity index (χ4n) is 8.33. The molecule has 8 rings (SSSR count). The molecular formula is C43H35ClF7N5O4S. The molecule has 5 atom stereocenters. The molecule has 4 heterocycles. The lowest BCUT2D eigenvalue weighted by Crippen LogP contribution is -2.24. The second-order valence-corrected chi connectivity index (χ2v) is 19.0. The number of carbonyl (C=O) groups is 1. The fourth-order valence-corrected chi connectivity index (χ4v) is 9.37. The fraction of sp³-hybridized carbons (Fsp3) is 0.326. The van der Waals surface area contributed by atoms with Crippen molar-refractivity contribution in [3.63, 3.8) is 0 Å². The van der Waals surface area contributed by atoms with E-state index in [1.54, 1.807) is 31.3 Å². The summed E-state index contributed by atoms with van der Waals surface area (Å²) >= 11 is 6.72. The summed E-state index contributed by atoms with van der Waals surface area (Å²) < 4.78 is 123. The average molecular weight is 886 g/mol. The topological polar surface area (TPSA) is 116 Å². The van der Waals surface area contributed by atoms with Crippen molar-refractivity contribution < 1.29 is 49.3 Å². The van der Waals surface area contributed by atoms with E-state index in [1.807, 2.05) is 0 Å². The minimum Gasteiger partial charge on any atom is -0.465 e. The van der Waals surface area contributed by atoms with Crippen LogP contribution >= 0.6 is 11.6 Å². The van der Waals surface area contributed by atoms with Crippen LogP contribution < -0.4 is 0 Å². The summed E-state index contributed by atoms with van der Waals surface area (Å²) in [4.78, 5) is 19.0. The predicted molar refractivity (Wildman–Crippen MR) is 213 cm³/mol. The number of furan rings is 1. The van der Waals surface area contributed by atoms with Gasteiger partial charge in [-0.25, -0.2) is 13.8 Å². The molecular weight excluding hydrogens is 851 g/mol. The van der Waals surface area contributed by atoms with Crippen LogP contribution in [0.1, 0.15) is 77.0 Å². The van der Waals surface area contributed by atoms with Crippen molar-refractivity contribution in [2.24, 2.45) is 13.0 Å². The molecule has 318 valence electrons. The number of aromatic nitrogens is 5. The number of aryl methyl sites for hydroxylation is 1. The third kappa shape index (κ3) is 8.08. The third-order valence-electron chi connectivity index (χ3n) is 10.9. The van der Waals surface area contributed by atoms with E-state index in [4.69, 9.17) is 21.0 Å². The van der Waals surface area contributed by atoms with Crippen molar-refractivity contribution in [2.75, 3.05) is 6.26 Å². The Kier molecular flexibility index (Phi) is 10.3. The van der Waals surface area contributed by atoms with E-state index in [0.717, 1.165) is 12.1 Å². The zero-order valence-electron chi connectivity index (χ0n) is 32.6. The first-order chi connectivity index (χ1) is 28.5. The van der Waals surface area contributed by atoms with Crippen molar-refractivity contribution in [3.05, 3.63) is 123 Å². The lowest BCUT2D eigenvalue weighted by Gasteiger charge is -2.22. The number of halogens is 8. The van der Waals surface area contributed by atoms with E-state index in [9.17, 15) is 36.1 Å². The van der Waals surface area contributed by atoms with Gasteiger partial charge in [-0.15, -0.1) is 0 Å². The molecule has 2 unspecified atom stereocenters. The number of fused-ring (bicyclic) bond motifs is 4. The Morgan fingerprint density at radius 3 is 2.48 bits per heavy atom. The van der Waals surface area contributed by atoms with Gasteiger partial charge in [-0.05, 0) is 95.0 Å². The van der Waals surface area contributed by atoms with Crippen LogP contribution in [0.15, 0.2) is 65.3 Å². The zero-order valence-corrected chi connectivity index (χ0v) is 34.2. The molecule has 1 saturated carbocycles. The SMILES string of the molecule is C=S(C)(=O)Cc1nn(C)c2c(-c3ccc(C#CC(C)(O)c4ccco4)nc3[C@@H](CC(=O)Cn3nc(C(F)(F)F)c4c3C(F)(F)[C@@H]3C[C@H]43)Cc3cc(F)cc(F)c3)ccc(Cl)c12. The zero-order chi connectivity index (χ0) is 44.0. The van der Waals surface area contributed by atoms with Crippen LogP contribution in [-0.4, -0.2) is 51.8 Å². The van der Waals surface area contributed by atoms with Gasteiger partial charge in [0.1, 0.15) is 35.3 Å². The number of hydrogen-bond donors (Lipinski definition) is 1. The quantitative estimate of drug-likeness (QED) is 0.0787. The summed E-state index contributed by atoms with van der Waals surface area (Å²) in [7, 11) is -0.987. The van der Waals surface area contributed by atoms with Gasteiger partial charge in [-0.1, -0.05) is 23.6 Å². The van der Waals surface area contributed by atoms with Crippen LogP contribution in [0.3, 0.4) is 0 Å². The number of hydrogen-bond acceptors (Lipinski definition) is 7. The van der Waals surface area contributed by atoms with Crippen LogP contribution in [0, 0.1) is 29.4 Å². The average Bonchev–Trinajstić information content (AvgIpc) is 3.41. The number of benzene rings is 2. The Morgan fingerprint density at radius 2 is 1.82 bits per heavy atom. The summed E-state index contributed by atoms with van der Waals surface area (Å²) in [6.45, 7) is 0.419. The predicted octanol–water partition coefficient (Wildman–Crippen LogP) is 8.68. The van der Waals surface area contributed by atoms with Crippen LogP contribution in [0.2, 0.25) is 5.02 Å². The Hall–Kier alpha value is -5.44. The molecule has 2 aliphatic carbocycles. The van der Waals surface area contributed by atoms with E-state index < -0.39 is 92.3 Å². The molecule has 18 heteroatoms. The lowest BCUT2D eigenvalue weighted by molar-refractivity contribution is -0.142. The normalized spacial score (nSPS) is 19.1. The van der Waals surface area contributed by atoms with Crippen molar-refractivity contribution in [1.29, 1.82) is 0 Å². The van der Waals surface area contributed by atoms with E-state index >= 15 is 8.78 Å². The maximum Gasteiger partial charge on any atom is 0.435 e. The van der Waals surface area contributed by atoms with Gasteiger partial charge in [-0.3, -0.25) is 18.4 Å². The van der Waals surface area contributed by atoms with Gasteiger partial charge in [0, 0.05) is 59.7 Å². The third-order valence-corrected chi connectivity index (χ3v) is 12.1. The van der Waals surface area contributed by atoms with Gasteiger partial charge >= 0.3 is 6.18 Å². The molecule has 2 aromatic carbocycles. The molecule has 4 aromatic heterocycles. The van der Waals surface area contributed by atoms with Gasteiger partial charge in [0.25, 0.3) is 5.92 Å². The van der Waals surface area contributed by atoms with E-state index in [2.05, 4.69) is 27.9 Å². The van der Waals surface area contributed by atoms with Crippen LogP contribution in [0.4, 0.5) is 30.7 Å². The number of ketones is 1. The standard InChI is InChI=1S/C43H35ClF7N5O4S/c1-41(58,34-6-5-13-60-34)12-11-26-7-8-28(29-9-10-32(44)36-33(21-61(3,4)59)53-55(2)38(29)36)37(52-26)23(14-22-15-24(45)18-25(46)16-22)17-27(57)20-56-40-35(39(54-56)43(49,50)51)30-19-31(30)42(40,47)48/h5-10,13,15-16,18,23,30-31,58H,3,14,17,19-21H2,1-2,4H3/t23-,30+,31-,41?,61?/m1/s1. The molecule has 0 radical (unpaired) electrons. The molecule has 9 nitrogen and oxygen atoms in total. The van der Waals surface area contributed by atoms with Crippen molar-refractivity contribution >= 4 is 43.7 Å². The highest BCUT2D eigenvalue weighted by molar-refractivity contribution is 7.98. The summed E-state index contributed by atoms with van der Waals surface area (Å²) in [6.07, 6.45) is -3.24. The smallest absolute Gasteiger partial charge is 0.435 e. The molecule has 1 fully saturated rings. The molecule has 0 amide bonds. The number of aliphatic hydroxyl groups is 1. The Balaban J connectivity index is 1.29. The summed E-state index contributed by atoms with van der Waals surface area (Å²) in [5.74, 6) is -0.484. The first-order valence-corrected chi connectivity index (χ1v) is 21.5. The van der Waals surface area contributed by atoms with E-state index in [1.165, 1.54) is 36.3 Å². The maximum atomic E-state index is 15.5. The minimum absolute atomic E-state index is 0.0290. The number of carbonyl (C=O) groups excluding carboxylic acids is 1. The molecule has 0 saturated heterocycles.